The maximum atomic E-state index is 10.3. The third-order valence-electron chi connectivity index (χ3n) is 4.16. The second-order valence-corrected chi connectivity index (χ2v) is 5.68. The van der Waals surface area contributed by atoms with Gasteiger partial charge in [-0.3, -0.25) is 0 Å². The van der Waals surface area contributed by atoms with Gasteiger partial charge in [0.25, 0.3) is 0 Å². The summed E-state index contributed by atoms with van der Waals surface area (Å²) >= 11 is 0. The summed E-state index contributed by atoms with van der Waals surface area (Å²) in [6.07, 6.45) is 0. The quantitative estimate of drug-likeness (QED) is 0.640. The molecule has 0 radical (unpaired) electrons. The number of phenolic OH excluding ortho intramolecular Hbond substituents is 3. The maximum absolute atomic E-state index is 10.3. The standard InChI is InChI=1S/C20H18O3/c1-12-3-9-17(14-4-6-15(21)7-5-14)20(13(12)2)18-10-8-16(22)11-19(18)23/h3-11,21-23H,1-2H3. The summed E-state index contributed by atoms with van der Waals surface area (Å²) in [4.78, 5) is 0. The van der Waals surface area contributed by atoms with E-state index < -0.39 is 0 Å². The van der Waals surface area contributed by atoms with E-state index in [4.69, 9.17) is 0 Å². The number of phenols is 3. The van der Waals surface area contributed by atoms with Gasteiger partial charge < -0.3 is 15.3 Å². The normalized spacial score (nSPS) is 10.7. The predicted molar refractivity (Wildman–Crippen MR) is 91.8 cm³/mol. The molecule has 3 nitrogen and oxygen atoms in total. The Morgan fingerprint density at radius 1 is 0.652 bits per heavy atom. The summed E-state index contributed by atoms with van der Waals surface area (Å²) in [5.41, 5.74) is 5.70. The van der Waals surface area contributed by atoms with E-state index in [1.54, 1.807) is 24.3 Å². The van der Waals surface area contributed by atoms with E-state index in [0.717, 1.165) is 27.8 Å². The van der Waals surface area contributed by atoms with E-state index in [0.29, 0.717) is 5.56 Å². The van der Waals surface area contributed by atoms with Crippen molar-refractivity contribution >= 4 is 0 Å². The van der Waals surface area contributed by atoms with Crippen molar-refractivity contribution in [3.63, 3.8) is 0 Å². The van der Waals surface area contributed by atoms with Crippen molar-refractivity contribution < 1.29 is 15.3 Å². The Labute approximate surface area is 135 Å². The Bertz CT molecular complexity index is 865. The lowest BCUT2D eigenvalue weighted by atomic mass is 9.88. The van der Waals surface area contributed by atoms with E-state index in [1.165, 1.54) is 6.07 Å². The van der Waals surface area contributed by atoms with Gasteiger partial charge in [0.05, 0.1) is 0 Å². The Balaban J connectivity index is 2.30. The molecule has 0 aromatic heterocycles. The molecule has 0 aliphatic rings. The molecule has 0 bridgehead atoms. The molecule has 0 atom stereocenters. The predicted octanol–water partition coefficient (Wildman–Crippen LogP) is 4.75. The Hall–Kier alpha value is -2.94. The minimum absolute atomic E-state index is 0.0303. The van der Waals surface area contributed by atoms with Crippen LogP contribution in [0.25, 0.3) is 22.3 Å². The number of hydrogen-bond acceptors (Lipinski definition) is 3. The second kappa shape index (κ2) is 5.69. The zero-order chi connectivity index (χ0) is 16.6. The third-order valence-corrected chi connectivity index (χ3v) is 4.16. The van der Waals surface area contributed by atoms with Gasteiger partial charge in [0, 0.05) is 11.6 Å². The number of hydrogen-bond donors (Lipinski definition) is 3. The third kappa shape index (κ3) is 2.73. The van der Waals surface area contributed by atoms with Crippen molar-refractivity contribution in [2.24, 2.45) is 0 Å². The molecule has 23 heavy (non-hydrogen) atoms. The maximum Gasteiger partial charge on any atom is 0.127 e. The fourth-order valence-electron chi connectivity index (χ4n) is 2.78. The van der Waals surface area contributed by atoms with Crippen LogP contribution in [0.5, 0.6) is 17.2 Å². The molecule has 3 N–H and O–H groups in total. The van der Waals surface area contributed by atoms with Crippen LogP contribution < -0.4 is 0 Å². The van der Waals surface area contributed by atoms with Gasteiger partial charge in [-0.2, -0.15) is 0 Å². The summed E-state index contributed by atoms with van der Waals surface area (Å²) in [5.74, 6) is 0.285. The average Bonchev–Trinajstić information content (AvgIpc) is 2.52. The Morgan fingerprint density at radius 3 is 1.91 bits per heavy atom. The molecule has 0 saturated heterocycles. The Kier molecular flexibility index (Phi) is 3.70. The van der Waals surface area contributed by atoms with E-state index in [9.17, 15) is 15.3 Å². The van der Waals surface area contributed by atoms with Gasteiger partial charge in [-0.1, -0.05) is 24.3 Å². The highest BCUT2D eigenvalue weighted by Gasteiger charge is 2.15. The first-order valence-electron chi connectivity index (χ1n) is 7.39. The van der Waals surface area contributed by atoms with Crippen molar-refractivity contribution in [2.75, 3.05) is 0 Å². The minimum Gasteiger partial charge on any atom is -0.508 e. The van der Waals surface area contributed by atoms with Crippen molar-refractivity contribution in [1.82, 2.24) is 0 Å². The molecule has 3 rings (SSSR count). The van der Waals surface area contributed by atoms with Crippen LogP contribution in [0.3, 0.4) is 0 Å². The first kappa shape index (κ1) is 15.0. The van der Waals surface area contributed by atoms with Gasteiger partial charge in [0.2, 0.25) is 0 Å². The van der Waals surface area contributed by atoms with Crippen LogP contribution in [0.15, 0.2) is 54.6 Å². The summed E-state index contributed by atoms with van der Waals surface area (Å²) in [5, 5.41) is 29.3. The van der Waals surface area contributed by atoms with Gasteiger partial charge in [0.15, 0.2) is 0 Å². The molecule has 116 valence electrons. The smallest absolute Gasteiger partial charge is 0.127 e. The summed E-state index contributed by atoms with van der Waals surface area (Å²) in [7, 11) is 0. The van der Waals surface area contributed by atoms with Crippen LogP contribution in [-0.2, 0) is 0 Å². The van der Waals surface area contributed by atoms with Crippen LogP contribution in [0.2, 0.25) is 0 Å². The number of aryl methyl sites for hydroxylation is 1. The zero-order valence-corrected chi connectivity index (χ0v) is 13.0. The monoisotopic (exact) mass is 306 g/mol. The number of aromatic hydroxyl groups is 3. The van der Waals surface area contributed by atoms with Gasteiger partial charge >= 0.3 is 0 Å². The van der Waals surface area contributed by atoms with Gasteiger partial charge in [-0.05, 0) is 65.9 Å². The Morgan fingerprint density at radius 2 is 1.26 bits per heavy atom. The van der Waals surface area contributed by atoms with Crippen molar-refractivity contribution in [1.29, 1.82) is 0 Å². The molecule has 0 unspecified atom stereocenters. The van der Waals surface area contributed by atoms with Crippen molar-refractivity contribution in [3.05, 3.63) is 65.7 Å². The molecule has 0 spiro atoms. The second-order valence-electron chi connectivity index (χ2n) is 5.68. The molecular formula is C20H18O3. The lowest BCUT2D eigenvalue weighted by Crippen LogP contribution is -1.93. The molecule has 0 heterocycles. The molecule has 3 aromatic rings. The fraction of sp³-hybridized carbons (Fsp3) is 0.100. The van der Waals surface area contributed by atoms with E-state index in [-0.39, 0.29) is 17.2 Å². The summed E-state index contributed by atoms with van der Waals surface area (Å²) in [6.45, 7) is 4.04. The van der Waals surface area contributed by atoms with E-state index in [1.807, 2.05) is 38.1 Å². The highest BCUT2D eigenvalue weighted by atomic mass is 16.3. The fourth-order valence-corrected chi connectivity index (χ4v) is 2.78. The van der Waals surface area contributed by atoms with Crippen LogP contribution >= 0.6 is 0 Å². The first-order chi connectivity index (χ1) is 11.0. The number of rotatable bonds is 2. The topological polar surface area (TPSA) is 60.7 Å². The van der Waals surface area contributed by atoms with Crippen molar-refractivity contribution in [2.45, 2.75) is 13.8 Å². The zero-order valence-electron chi connectivity index (χ0n) is 13.0. The molecule has 0 fully saturated rings. The average molecular weight is 306 g/mol. The van der Waals surface area contributed by atoms with E-state index in [2.05, 4.69) is 0 Å². The largest absolute Gasteiger partial charge is 0.508 e. The van der Waals surface area contributed by atoms with Crippen LogP contribution in [0, 0.1) is 13.8 Å². The van der Waals surface area contributed by atoms with Crippen LogP contribution in [0.1, 0.15) is 11.1 Å². The van der Waals surface area contributed by atoms with Crippen LogP contribution in [-0.4, -0.2) is 15.3 Å². The minimum atomic E-state index is 0.0303. The SMILES string of the molecule is Cc1ccc(-c2ccc(O)cc2)c(-c2ccc(O)cc2O)c1C. The molecule has 0 amide bonds. The summed E-state index contributed by atoms with van der Waals surface area (Å²) in [6, 6.07) is 15.7. The summed E-state index contributed by atoms with van der Waals surface area (Å²) < 4.78 is 0. The molecule has 0 saturated carbocycles. The van der Waals surface area contributed by atoms with Crippen molar-refractivity contribution in [3.8, 4) is 39.5 Å². The molecule has 0 aliphatic carbocycles. The first-order valence-corrected chi connectivity index (χ1v) is 7.39. The highest BCUT2D eigenvalue weighted by Crippen LogP contribution is 2.41. The number of benzene rings is 3. The molecular weight excluding hydrogens is 288 g/mol. The molecule has 0 aliphatic heterocycles. The highest BCUT2D eigenvalue weighted by molar-refractivity contribution is 5.89. The van der Waals surface area contributed by atoms with Gasteiger partial charge in [-0.25, -0.2) is 0 Å². The van der Waals surface area contributed by atoms with Gasteiger partial charge in [-0.15, -0.1) is 0 Å². The molecule has 3 aromatic carbocycles. The molecule has 3 heteroatoms. The lowest BCUT2D eigenvalue weighted by Gasteiger charge is -2.17. The van der Waals surface area contributed by atoms with Crippen LogP contribution in [0.4, 0.5) is 0 Å². The van der Waals surface area contributed by atoms with Gasteiger partial charge in [0.1, 0.15) is 17.2 Å². The lowest BCUT2D eigenvalue weighted by molar-refractivity contribution is 0.452. The van der Waals surface area contributed by atoms with E-state index >= 15 is 0 Å².